The molecule has 0 aliphatic carbocycles. The van der Waals surface area contributed by atoms with Gasteiger partial charge in [0.15, 0.2) is 16.7 Å². The molecule has 0 saturated carbocycles. The quantitative estimate of drug-likeness (QED) is 0.688. The van der Waals surface area contributed by atoms with E-state index in [2.05, 4.69) is 4.98 Å². The molecule has 1 aromatic carbocycles. The lowest BCUT2D eigenvalue weighted by molar-refractivity contribution is -0.385. The summed E-state index contributed by atoms with van der Waals surface area (Å²) < 4.78 is 18.9. The van der Waals surface area contributed by atoms with Crippen LogP contribution >= 0.6 is 11.3 Å². The average molecular weight is 283 g/mol. The Morgan fingerprint density at radius 1 is 1.58 bits per heavy atom. The number of nitro groups is 1. The maximum Gasteiger partial charge on any atom is 0.275 e. The van der Waals surface area contributed by atoms with Crippen molar-refractivity contribution < 1.29 is 14.1 Å². The largest absolute Gasteiger partial charge is 0.484 e. The van der Waals surface area contributed by atoms with Crippen LogP contribution in [0, 0.1) is 22.9 Å². The fourth-order valence-corrected chi connectivity index (χ4v) is 2.04. The molecule has 0 atom stereocenters. The highest BCUT2D eigenvalue weighted by atomic mass is 32.1. The molecule has 2 aromatic rings. The van der Waals surface area contributed by atoms with Crippen molar-refractivity contribution in [2.45, 2.75) is 13.5 Å². The van der Waals surface area contributed by atoms with E-state index in [1.807, 2.05) is 0 Å². The van der Waals surface area contributed by atoms with Crippen molar-refractivity contribution in [1.29, 1.82) is 0 Å². The number of benzene rings is 1. The Hall–Kier alpha value is -2.22. The minimum atomic E-state index is -0.777. The summed E-state index contributed by atoms with van der Waals surface area (Å²) in [4.78, 5) is 14.0. The van der Waals surface area contributed by atoms with Crippen molar-refractivity contribution in [3.8, 4) is 5.75 Å². The van der Waals surface area contributed by atoms with Gasteiger partial charge in [-0.1, -0.05) is 0 Å². The van der Waals surface area contributed by atoms with E-state index < -0.39 is 10.7 Å². The molecule has 0 fully saturated rings. The molecule has 6 nitrogen and oxygen atoms in total. The average Bonchev–Trinajstić information content (AvgIpc) is 2.75. The third kappa shape index (κ3) is 2.97. The number of thiazole rings is 1. The van der Waals surface area contributed by atoms with E-state index in [0.717, 1.165) is 6.07 Å². The Labute approximate surface area is 111 Å². The Morgan fingerprint density at radius 2 is 2.32 bits per heavy atom. The summed E-state index contributed by atoms with van der Waals surface area (Å²) in [6.45, 7) is 1.58. The summed E-state index contributed by atoms with van der Waals surface area (Å²) in [6, 6.07) is 2.14. The van der Waals surface area contributed by atoms with E-state index >= 15 is 0 Å². The Morgan fingerprint density at radius 3 is 2.89 bits per heavy atom. The van der Waals surface area contributed by atoms with Crippen LogP contribution in [0.5, 0.6) is 5.75 Å². The van der Waals surface area contributed by atoms with Crippen molar-refractivity contribution in [2.75, 3.05) is 5.73 Å². The third-order valence-corrected chi connectivity index (χ3v) is 3.11. The standard InChI is InChI=1S/C11H10FN3O3S/c1-6-2-10(8(12)3-9(6)15(16)17)18-4-7-5-19-11(13)14-7/h2-3,5H,4H2,1H3,(H2,13,14). The van der Waals surface area contributed by atoms with E-state index in [9.17, 15) is 14.5 Å². The van der Waals surface area contributed by atoms with Crippen LogP contribution in [0.1, 0.15) is 11.3 Å². The van der Waals surface area contributed by atoms with Crippen molar-refractivity contribution >= 4 is 22.2 Å². The normalized spacial score (nSPS) is 10.4. The summed E-state index contributed by atoms with van der Waals surface area (Å²) in [6.07, 6.45) is 0. The molecular weight excluding hydrogens is 273 g/mol. The van der Waals surface area contributed by atoms with E-state index in [0.29, 0.717) is 16.4 Å². The number of nitrogens with zero attached hydrogens (tertiary/aromatic N) is 2. The third-order valence-electron chi connectivity index (χ3n) is 2.39. The molecule has 0 spiro atoms. The number of aryl methyl sites for hydroxylation is 1. The lowest BCUT2D eigenvalue weighted by Crippen LogP contribution is -2.00. The second-order valence-corrected chi connectivity index (χ2v) is 4.68. The van der Waals surface area contributed by atoms with Gasteiger partial charge in [-0.3, -0.25) is 10.1 Å². The molecule has 0 unspecified atom stereocenters. The number of rotatable bonds is 4. The predicted molar refractivity (Wildman–Crippen MR) is 68.6 cm³/mol. The smallest absolute Gasteiger partial charge is 0.275 e. The van der Waals surface area contributed by atoms with E-state index in [4.69, 9.17) is 10.5 Å². The van der Waals surface area contributed by atoms with Crippen molar-refractivity contribution in [1.82, 2.24) is 4.98 Å². The first-order valence-corrected chi connectivity index (χ1v) is 6.12. The first kappa shape index (κ1) is 13.2. The number of nitrogens with two attached hydrogens (primary N) is 1. The number of nitro benzene ring substituents is 1. The number of nitrogen functional groups attached to an aromatic ring is 1. The Bertz CT molecular complexity index is 630. The number of anilines is 1. The molecule has 0 aliphatic heterocycles. The van der Waals surface area contributed by atoms with Crippen LogP contribution in [0.4, 0.5) is 15.2 Å². The maximum atomic E-state index is 13.6. The van der Waals surface area contributed by atoms with Gasteiger partial charge in [0.25, 0.3) is 5.69 Å². The number of aromatic nitrogens is 1. The Kier molecular flexibility index (Phi) is 3.61. The van der Waals surface area contributed by atoms with Crippen LogP contribution in [0.2, 0.25) is 0 Å². The lowest BCUT2D eigenvalue weighted by atomic mass is 10.2. The van der Waals surface area contributed by atoms with Crippen molar-refractivity contribution in [3.63, 3.8) is 0 Å². The fraction of sp³-hybridized carbons (Fsp3) is 0.182. The summed E-state index contributed by atoms with van der Waals surface area (Å²) in [5.74, 6) is -0.824. The monoisotopic (exact) mass is 283 g/mol. The molecule has 0 radical (unpaired) electrons. The van der Waals surface area contributed by atoms with E-state index in [-0.39, 0.29) is 18.0 Å². The summed E-state index contributed by atoms with van der Waals surface area (Å²) in [7, 11) is 0. The molecule has 0 aliphatic rings. The zero-order valence-electron chi connectivity index (χ0n) is 9.92. The number of halogens is 1. The van der Waals surface area contributed by atoms with Crippen molar-refractivity contribution in [3.05, 3.63) is 44.7 Å². The van der Waals surface area contributed by atoms with Crippen LogP contribution in [0.25, 0.3) is 0 Å². The predicted octanol–water partition coefficient (Wildman–Crippen LogP) is 2.66. The molecule has 2 rings (SSSR count). The molecule has 0 bridgehead atoms. The van der Waals surface area contributed by atoms with Gasteiger partial charge in [-0.05, 0) is 13.0 Å². The second kappa shape index (κ2) is 5.19. The van der Waals surface area contributed by atoms with Gasteiger partial charge in [0, 0.05) is 10.9 Å². The minimum Gasteiger partial charge on any atom is -0.484 e. The van der Waals surface area contributed by atoms with Crippen LogP contribution in [-0.4, -0.2) is 9.91 Å². The highest BCUT2D eigenvalue weighted by Crippen LogP contribution is 2.27. The highest BCUT2D eigenvalue weighted by Gasteiger charge is 2.16. The first-order chi connectivity index (χ1) is 8.97. The van der Waals surface area contributed by atoms with Crippen LogP contribution in [0.3, 0.4) is 0 Å². The van der Waals surface area contributed by atoms with Gasteiger partial charge in [-0.2, -0.15) is 0 Å². The zero-order chi connectivity index (χ0) is 14.0. The first-order valence-electron chi connectivity index (χ1n) is 5.24. The highest BCUT2D eigenvalue weighted by molar-refractivity contribution is 7.13. The maximum absolute atomic E-state index is 13.6. The zero-order valence-corrected chi connectivity index (χ0v) is 10.7. The molecule has 1 aromatic heterocycles. The Balaban J connectivity index is 2.17. The van der Waals surface area contributed by atoms with Gasteiger partial charge < -0.3 is 10.5 Å². The lowest BCUT2D eigenvalue weighted by Gasteiger charge is -2.07. The summed E-state index contributed by atoms with van der Waals surface area (Å²) in [5, 5.41) is 12.7. The van der Waals surface area contributed by atoms with Gasteiger partial charge in [0.1, 0.15) is 6.61 Å². The van der Waals surface area contributed by atoms with Gasteiger partial charge >= 0.3 is 0 Å². The molecule has 0 saturated heterocycles. The van der Waals surface area contributed by atoms with Crippen LogP contribution in [-0.2, 0) is 6.61 Å². The molecule has 19 heavy (non-hydrogen) atoms. The summed E-state index contributed by atoms with van der Waals surface area (Å²) in [5.41, 5.74) is 6.10. The van der Waals surface area contributed by atoms with E-state index in [1.165, 1.54) is 24.3 Å². The van der Waals surface area contributed by atoms with Gasteiger partial charge in [-0.25, -0.2) is 9.37 Å². The van der Waals surface area contributed by atoms with Gasteiger partial charge in [-0.15, -0.1) is 11.3 Å². The number of ether oxygens (including phenoxy) is 1. The SMILES string of the molecule is Cc1cc(OCc2csc(N)n2)c(F)cc1[N+](=O)[O-]. The molecule has 100 valence electrons. The van der Waals surface area contributed by atoms with Crippen molar-refractivity contribution in [2.24, 2.45) is 0 Å². The molecule has 1 heterocycles. The minimum absolute atomic E-state index is 0.0466. The molecular formula is C11H10FN3O3S. The second-order valence-electron chi connectivity index (χ2n) is 3.79. The molecule has 2 N–H and O–H groups in total. The fourth-order valence-electron chi connectivity index (χ4n) is 1.49. The van der Waals surface area contributed by atoms with E-state index in [1.54, 1.807) is 5.38 Å². The number of hydrogen-bond donors (Lipinski definition) is 1. The van der Waals surface area contributed by atoms with Gasteiger partial charge in [0.2, 0.25) is 0 Å². The molecule has 0 amide bonds. The topological polar surface area (TPSA) is 91.3 Å². The van der Waals surface area contributed by atoms with Crippen LogP contribution < -0.4 is 10.5 Å². The summed E-state index contributed by atoms with van der Waals surface area (Å²) >= 11 is 1.26. The number of hydrogen-bond acceptors (Lipinski definition) is 6. The molecule has 8 heteroatoms. The van der Waals surface area contributed by atoms with Gasteiger partial charge in [0.05, 0.1) is 16.7 Å². The van der Waals surface area contributed by atoms with Crippen LogP contribution in [0.15, 0.2) is 17.5 Å².